The molecule has 0 spiro atoms. The third kappa shape index (κ3) is 4.82. The van der Waals surface area contributed by atoms with E-state index < -0.39 is 6.10 Å². The number of aromatic nitrogens is 4. The summed E-state index contributed by atoms with van der Waals surface area (Å²) in [5, 5.41) is 26.3. The van der Waals surface area contributed by atoms with Crippen LogP contribution in [0.25, 0.3) is 11.2 Å². The van der Waals surface area contributed by atoms with Gasteiger partial charge in [0.15, 0.2) is 17.0 Å². The number of fused-ring (bicyclic) bond motifs is 1. The maximum Gasteiger partial charge on any atom is 0.226 e. The molecule has 0 bridgehead atoms. The molecule has 1 fully saturated rings. The van der Waals surface area contributed by atoms with Crippen molar-refractivity contribution in [3.8, 4) is 11.5 Å². The molecule has 9 nitrogen and oxygen atoms in total. The molecule has 3 aromatic rings. The predicted octanol–water partition coefficient (Wildman–Crippen LogP) is 3.45. The smallest absolute Gasteiger partial charge is 0.226 e. The highest BCUT2D eigenvalue weighted by Crippen LogP contribution is 2.32. The fourth-order valence-electron chi connectivity index (χ4n) is 3.99. The van der Waals surface area contributed by atoms with Crippen LogP contribution in [-0.2, 0) is 6.54 Å². The quantitative estimate of drug-likeness (QED) is 0.433. The Morgan fingerprint density at radius 1 is 1.19 bits per heavy atom. The fraction of sp³-hybridized carbons (Fsp3) is 0.500. The van der Waals surface area contributed by atoms with Crippen molar-refractivity contribution in [2.45, 2.75) is 57.7 Å². The number of hydrogen-bond donors (Lipinski definition) is 4. The van der Waals surface area contributed by atoms with Crippen molar-refractivity contribution < 1.29 is 14.9 Å². The standard InChI is InChI=1S/C22H30N6O3/c1-14(29)11-24-22-26-20(23-12-15-10-17(31-2)8-9-18(15)30)19-21(27-22)28(13-25-19)16-6-4-3-5-7-16/h8-10,13-14,16,29-30H,3-7,11-12H2,1-2H3,(H2,23,24,26,27). The molecule has 4 rings (SSSR count). The van der Waals surface area contributed by atoms with Crippen LogP contribution in [0.3, 0.4) is 0 Å². The Hall–Kier alpha value is -3.07. The van der Waals surface area contributed by atoms with E-state index in [2.05, 4.69) is 25.2 Å². The number of phenolic OH excluding ortho intramolecular Hbond substituents is 1. The highest BCUT2D eigenvalue weighted by molar-refractivity contribution is 5.84. The molecule has 1 aliphatic rings. The van der Waals surface area contributed by atoms with E-state index in [1.54, 1.807) is 32.2 Å². The zero-order valence-electron chi connectivity index (χ0n) is 18.0. The van der Waals surface area contributed by atoms with Gasteiger partial charge in [0, 0.05) is 24.7 Å². The minimum Gasteiger partial charge on any atom is -0.508 e. The lowest BCUT2D eigenvalue weighted by atomic mass is 9.95. The van der Waals surface area contributed by atoms with E-state index in [9.17, 15) is 10.2 Å². The van der Waals surface area contributed by atoms with E-state index in [1.165, 1.54) is 19.3 Å². The van der Waals surface area contributed by atoms with Crippen LogP contribution in [0.2, 0.25) is 0 Å². The molecular weight excluding hydrogens is 396 g/mol. The number of ether oxygens (including phenoxy) is 1. The monoisotopic (exact) mass is 426 g/mol. The van der Waals surface area contributed by atoms with Gasteiger partial charge < -0.3 is 30.2 Å². The first-order valence-electron chi connectivity index (χ1n) is 10.8. The summed E-state index contributed by atoms with van der Waals surface area (Å²) in [4.78, 5) is 13.9. The molecule has 0 radical (unpaired) electrons. The van der Waals surface area contributed by atoms with Gasteiger partial charge in [0.05, 0.1) is 19.5 Å². The Morgan fingerprint density at radius 2 is 2.00 bits per heavy atom. The number of aliphatic hydroxyl groups excluding tert-OH is 1. The van der Waals surface area contributed by atoms with E-state index in [4.69, 9.17) is 9.72 Å². The van der Waals surface area contributed by atoms with E-state index in [1.807, 2.05) is 6.33 Å². The molecule has 2 heterocycles. The highest BCUT2D eigenvalue weighted by atomic mass is 16.5. The number of nitrogens with one attached hydrogen (secondary N) is 2. The number of anilines is 2. The average molecular weight is 427 g/mol. The Kier molecular flexibility index (Phi) is 6.41. The summed E-state index contributed by atoms with van der Waals surface area (Å²) in [6.45, 7) is 2.41. The van der Waals surface area contributed by atoms with Crippen molar-refractivity contribution in [2.24, 2.45) is 0 Å². The minimum atomic E-state index is -0.521. The topological polar surface area (TPSA) is 117 Å². The van der Waals surface area contributed by atoms with Crippen LogP contribution in [0.4, 0.5) is 11.8 Å². The second-order valence-corrected chi connectivity index (χ2v) is 8.09. The van der Waals surface area contributed by atoms with Crippen molar-refractivity contribution in [1.29, 1.82) is 0 Å². The molecular formula is C22H30N6O3. The Bertz CT molecular complexity index is 1030. The first-order chi connectivity index (χ1) is 15.0. The van der Waals surface area contributed by atoms with Crippen LogP contribution in [0.15, 0.2) is 24.5 Å². The summed E-state index contributed by atoms with van der Waals surface area (Å²) < 4.78 is 7.41. The third-order valence-electron chi connectivity index (χ3n) is 5.68. The third-order valence-corrected chi connectivity index (χ3v) is 5.68. The largest absolute Gasteiger partial charge is 0.508 e. The Balaban J connectivity index is 1.66. The van der Waals surface area contributed by atoms with Crippen molar-refractivity contribution in [3.05, 3.63) is 30.1 Å². The van der Waals surface area contributed by atoms with Gasteiger partial charge in [0.2, 0.25) is 5.95 Å². The van der Waals surface area contributed by atoms with Gasteiger partial charge in [-0.05, 0) is 38.0 Å². The van der Waals surface area contributed by atoms with E-state index >= 15 is 0 Å². The van der Waals surface area contributed by atoms with Gasteiger partial charge in [-0.1, -0.05) is 19.3 Å². The van der Waals surface area contributed by atoms with Crippen LogP contribution in [-0.4, -0.2) is 49.5 Å². The number of aliphatic hydroxyl groups is 1. The SMILES string of the molecule is COc1ccc(O)c(CNc2nc(NCC(C)O)nc3c2ncn3C2CCCCC2)c1. The minimum absolute atomic E-state index is 0.179. The summed E-state index contributed by atoms with van der Waals surface area (Å²) in [6, 6.07) is 5.49. The predicted molar refractivity (Wildman–Crippen MR) is 120 cm³/mol. The molecule has 1 atom stereocenters. The number of rotatable bonds is 8. The summed E-state index contributed by atoms with van der Waals surface area (Å²) in [6.07, 6.45) is 7.26. The van der Waals surface area contributed by atoms with Crippen LogP contribution < -0.4 is 15.4 Å². The lowest BCUT2D eigenvalue weighted by Crippen LogP contribution is -2.18. The van der Waals surface area contributed by atoms with Gasteiger partial charge in [0.25, 0.3) is 0 Å². The molecule has 0 amide bonds. The van der Waals surface area contributed by atoms with Crippen LogP contribution in [0.5, 0.6) is 11.5 Å². The summed E-state index contributed by atoms with van der Waals surface area (Å²) >= 11 is 0. The average Bonchev–Trinajstić information content (AvgIpc) is 3.21. The van der Waals surface area contributed by atoms with Crippen LogP contribution >= 0.6 is 0 Å². The molecule has 1 aliphatic carbocycles. The summed E-state index contributed by atoms with van der Waals surface area (Å²) in [5.41, 5.74) is 2.15. The van der Waals surface area contributed by atoms with Gasteiger partial charge in [-0.2, -0.15) is 9.97 Å². The highest BCUT2D eigenvalue weighted by Gasteiger charge is 2.21. The second kappa shape index (κ2) is 9.38. The molecule has 9 heteroatoms. The van der Waals surface area contributed by atoms with Gasteiger partial charge >= 0.3 is 0 Å². The normalized spacial score (nSPS) is 15.7. The summed E-state index contributed by atoms with van der Waals surface area (Å²) in [5.74, 6) is 1.86. The van der Waals surface area contributed by atoms with Gasteiger partial charge in [-0.15, -0.1) is 0 Å². The zero-order valence-corrected chi connectivity index (χ0v) is 18.0. The van der Waals surface area contributed by atoms with E-state index in [-0.39, 0.29) is 5.75 Å². The molecule has 166 valence electrons. The van der Waals surface area contributed by atoms with Crippen molar-refractivity contribution in [1.82, 2.24) is 19.5 Å². The first kappa shape index (κ1) is 21.2. The number of imidazole rings is 1. The lowest BCUT2D eigenvalue weighted by molar-refractivity contribution is 0.208. The van der Waals surface area contributed by atoms with Gasteiger partial charge in [0.1, 0.15) is 11.5 Å². The molecule has 2 aromatic heterocycles. The molecule has 1 unspecified atom stereocenters. The number of aromatic hydroxyl groups is 1. The van der Waals surface area contributed by atoms with Gasteiger partial charge in [-0.25, -0.2) is 4.98 Å². The zero-order chi connectivity index (χ0) is 21.8. The second-order valence-electron chi connectivity index (χ2n) is 8.09. The molecule has 31 heavy (non-hydrogen) atoms. The maximum absolute atomic E-state index is 10.2. The van der Waals surface area contributed by atoms with Crippen LogP contribution in [0, 0.1) is 0 Å². The van der Waals surface area contributed by atoms with Crippen LogP contribution in [0.1, 0.15) is 50.6 Å². The number of methoxy groups -OCH3 is 1. The number of phenols is 1. The summed E-state index contributed by atoms with van der Waals surface area (Å²) in [7, 11) is 1.59. The Morgan fingerprint density at radius 3 is 2.74 bits per heavy atom. The van der Waals surface area contributed by atoms with E-state index in [0.717, 1.165) is 18.5 Å². The van der Waals surface area contributed by atoms with Crippen molar-refractivity contribution >= 4 is 22.9 Å². The molecule has 0 aliphatic heterocycles. The molecule has 0 saturated heterocycles. The molecule has 1 aromatic carbocycles. The maximum atomic E-state index is 10.2. The number of nitrogens with zero attached hydrogens (tertiary/aromatic N) is 4. The van der Waals surface area contributed by atoms with Gasteiger partial charge in [-0.3, -0.25) is 0 Å². The lowest BCUT2D eigenvalue weighted by Gasteiger charge is -2.23. The van der Waals surface area contributed by atoms with Crippen molar-refractivity contribution in [3.63, 3.8) is 0 Å². The number of benzene rings is 1. The molecule has 4 N–H and O–H groups in total. The fourth-order valence-corrected chi connectivity index (χ4v) is 3.99. The number of hydrogen-bond acceptors (Lipinski definition) is 8. The van der Waals surface area contributed by atoms with Crippen molar-refractivity contribution in [2.75, 3.05) is 24.3 Å². The van der Waals surface area contributed by atoms with E-state index in [0.29, 0.717) is 47.7 Å². The first-order valence-corrected chi connectivity index (χ1v) is 10.8. The molecule has 1 saturated carbocycles. The Labute approximate surface area is 181 Å².